The molecule has 1 saturated carbocycles. The molecule has 4 aliphatic rings. The molecule has 0 spiro atoms. The summed E-state index contributed by atoms with van der Waals surface area (Å²) in [5.74, 6) is -3.75. The van der Waals surface area contributed by atoms with Crippen molar-refractivity contribution in [2.45, 2.75) is 122 Å². The molecule has 5 atom stereocenters. The predicted octanol–water partition coefficient (Wildman–Crippen LogP) is 4.36. The van der Waals surface area contributed by atoms with E-state index >= 15 is 0 Å². The van der Waals surface area contributed by atoms with Gasteiger partial charge in [0.2, 0.25) is 11.8 Å². The van der Waals surface area contributed by atoms with Gasteiger partial charge in [0.05, 0.1) is 19.7 Å². The molecule has 1 aromatic carbocycles. The van der Waals surface area contributed by atoms with Crippen LogP contribution in [0.25, 0.3) is 0 Å². The van der Waals surface area contributed by atoms with E-state index in [0.29, 0.717) is 24.0 Å². The summed E-state index contributed by atoms with van der Waals surface area (Å²) >= 11 is 0. The summed E-state index contributed by atoms with van der Waals surface area (Å²) in [5.41, 5.74) is -1.39. The number of imide groups is 1. The number of fused-ring (bicyclic) bond motifs is 3. The highest BCUT2D eigenvalue weighted by molar-refractivity contribution is 6.05. The lowest BCUT2D eigenvalue weighted by Gasteiger charge is -2.34. The largest absolute Gasteiger partial charge is 0.464 e. The molecule has 0 bridgehead atoms. The molecule has 3 aliphatic heterocycles. The number of benzene rings is 1. The molecular weight excluding hydrogens is 651 g/mol. The summed E-state index contributed by atoms with van der Waals surface area (Å²) in [5, 5.41) is 2.67. The van der Waals surface area contributed by atoms with E-state index in [1.54, 1.807) is 39.8 Å². The number of ether oxygens (including phenoxy) is 3. The highest BCUT2D eigenvalue weighted by Crippen LogP contribution is 2.51. The Morgan fingerprint density at radius 2 is 1.82 bits per heavy atom. The van der Waals surface area contributed by atoms with Crippen molar-refractivity contribution in [2.75, 3.05) is 13.2 Å². The predicted molar refractivity (Wildman–Crippen MR) is 176 cm³/mol. The van der Waals surface area contributed by atoms with Crippen molar-refractivity contribution in [3.8, 4) is 0 Å². The first kappa shape index (κ1) is 36.8. The molecule has 0 unspecified atom stereocenters. The number of nitrogens with one attached hydrogen (secondary N) is 1. The van der Waals surface area contributed by atoms with Crippen molar-refractivity contribution in [2.24, 2.45) is 5.92 Å². The average Bonchev–Trinajstić information content (AvgIpc) is 3.35. The number of halogens is 1. The number of allylic oxidation sites excluding steroid dienone is 1. The van der Waals surface area contributed by atoms with E-state index in [1.165, 1.54) is 22.8 Å². The molecule has 14 heteroatoms. The SMILES string of the molecule is CCOC(=O)[C@@]12C[C@H]1/C=C/CCCCC[C@H](NC(=O)OC(C)(C)C)C(=O)N1C[C@H](OC(=O)N3Cc4cccc(F)c4C3)C[C@H]1C(=O)N2C(C)=O. The first-order valence-electron chi connectivity index (χ1n) is 17.4. The van der Waals surface area contributed by atoms with Crippen molar-refractivity contribution in [3.63, 3.8) is 0 Å². The van der Waals surface area contributed by atoms with Crippen LogP contribution in [0.5, 0.6) is 0 Å². The first-order chi connectivity index (χ1) is 23.7. The van der Waals surface area contributed by atoms with E-state index in [2.05, 4.69) is 5.32 Å². The van der Waals surface area contributed by atoms with Crippen molar-refractivity contribution < 1.29 is 47.4 Å². The van der Waals surface area contributed by atoms with Crippen molar-refractivity contribution in [3.05, 3.63) is 47.3 Å². The zero-order chi connectivity index (χ0) is 36.4. The van der Waals surface area contributed by atoms with Crippen LogP contribution in [0.2, 0.25) is 0 Å². The molecule has 1 aromatic rings. The quantitative estimate of drug-likeness (QED) is 0.275. The molecule has 13 nitrogen and oxygen atoms in total. The summed E-state index contributed by atoms with van der Waals surface area (Å²) < 4.78 is 31.1. The number of carbonyl (C=O) groups is 6. The van der Waals surface area contributed by atoms with Crippen LogP contribution in [0.15, 0.2) is 30.4 Å². The Hall–Kier alpha value is -4.49. The van der Waals surface area contributed by atoms with E-state index in [1.807, 2.05) is 12.2 Å². The lowest BCUT2D eigenvalue weighted by molar-refractivity contribution is -0.165. The van der Waals surface area contributed by atoms with Crippen LogP contribution in [0.4, 0.5) is 14.0 Å². The third-order valence-electron chi connectivity index (χ3n) is 9.55. The third-order valence-corrected chi connectivity index (χ3v) is 9.55. The topological polar surface area (TPSA) is 152 Å². The van der Waals surface area contributed by atoms with Gasteiger partial charge in [-0.15, -0.1) is 0 Å². The number of amides is 5. The fourth-order valence-corrected chi connectivity index (χ4v) is 7.17. The van der Waals surface area contributed by atoms with E-state index in [-0.39, 0.29) is 45.5 Å². The number of hydrogen-bond acceptors (Lipinski definition) is 9. The summed E-state index contributed by atoms with van der Waals surface area (Å²) in [4.78, 5) is 85.5. The summed E-state index contributed by atoms with van der Waals surface area (Å²) in [6.45, 7) is 7.84. The van der Waals surface area contributed by atoms with Gasteiger partial charge in [-0.1, -0.05) is 37.1 Å². The molecule has 3 heterocycles. The van der Waals surface area contributed by atoms with Gasteiger partial charge in [0.1, 0.15) is 29.6 Å². The Labute approximate surface area is 291 Å². The summed E-state index contributed by atoms with van der Waals surface area (Å²) in [6, 6.07) is 2.20. The number of alkyl carbamates (subject to hydrolysis) is 1. The van der Waals surface area contributed by atoms with Crippen LogP contribution in [0.1, 0.15) is 90.7 Å². The third kappa shape index (κ3) is 7.78. The summed E-state index contributed by atoms with van der Waals surface area (Å²) in [7, 11) is 0. The van der Waals surface area contributed by atoms with Crippen LogP contribution in [0, 0.1) is 11.7 Å². The van der Waals surface area contributed by atoms with Crippen LogP contribution in [0.3, 0.4) is 0 Å². The van der Waals surface area contributed by atoms with E-state index in [0.717, 1.165) is 17.7 Å². The van der Waals surface area contributed by atoms with Crippen molar-refractivity contribution >= 4 is 35.9 Å². The molecule has 5 rings (SSSR count). The monoisotopic (exact) mass is 698 g/mol. The maximum absolute atomic E-state index is 14.6. The second-order valence-corrected chi connectivity index (χ2v) is 14.4. The normalized spacial score (nSPS) is 27.6. The highest BCUT2D eigenvalue weighted by atomic mass is 19.1. The minimum Gasteiger partial charge on any atom is -0.464 e. The second-order valence-electron chi connectivity index (χ2n) is 14.4. The standard InChI is InChI=1S/C36H47FN4O9/c1-6-48-32(45)36-18-24(36)14-10-8-7-9-11-16-28(38-33(46)50-35(3,4)5)30(43)40-20-25(17-29(40)31(44)41(36)22(2)42)49-34(47)39-19-23-13-12-15-27(37)26(23)21-39/h10,12-15,24-25,28-29H,6-9,11,16-21H2,1-5H3,(H,38,46)/b14-10+/t24-,25-,28+,29+,36-/m1/s1. The Bertz CT molecular complexity index is 1560. The van der Waals surface area contributed by atoms with E-state index in [4.69, 9.17) is 14.2 Å². The molecule has 1 saturated heterocycles. The Kier molecular flexibility index (Phi) is 10.9. The Morgan fingerprint density at radius 3 is 2.50 bits per heavy atom. The van der Waals surface area contributed by atoms with Gasteiger partial charge in [-0.2, -0.15) is 0 Å². The van der Waals surface area contributed by atoms with Crippen LogP contribution < -0.4 is 5.32 Å². The highest BCUT2D eigenvalue weighted by Gasteiger charge is 2.68. The smallest absolute Gasteiger partial charge is 0.410 e. The molecule has 272 valence electrons. The molecule has 1 aliphatic carbocycles. The fraction of sp³-hybridized carbons (Fsp3) is 0.611. The van der Waals surface area contributed by atoms with Gasteiger partial charge < -0.3 is 24.4 Å². The van der Waals surface area contributed by atoms with Crippen LogP contribution in [-0.2, 0) is 46.5 Å². The first-order valence-corrected chi connectivity index (χ1v) is 17.4. The van der Waals surface area contributed by atoms with Crippen molar-refractivity contribution in [1.82, 2.24) is 20.0 Å². The van der Waals surface area contributed by atoms with Crippen molar-refractivity contribution in [1.29, 1.82) is 0 Å². The Balaban J connectivity index is 1.47. The number of esters is 1. The minimum absolute atomic E-state index is 0.00444. The molecule has 2 fully saturated rings. The molecular formula is C36H47FN4O9. The van der Waals surface area contributed by atoms with Gasteiger partial charge in [0, 0.05) is 31.4 Å². The lowest BCUT2D eigenvalue weighted by Crippen LogP contribution is -2.59. The van der Waals surface area contributed by atoms with Gasteiger partial charge in [-0.3, -0.25) is 24.2 Å². The zero-order valence-electron chi connectivity index (χ0n) is 29.4. The van der Waals surface area contributed by atoms with Gasteiger partial charge in [-0.25, -0.2) is 18.8 Å². The summed E-state index contributed by atoms with van der Waals surface area (Å²) in [6.07, 6.45) is 4.21. The van der Waals surface area contributed by atoms with Gasteiger partial charge in [0.25, 0.3) is 5.91 Å². The molecule has 0 aromatic heterocycles. The maximum Gasteiger partial charge on any atom is 0.410 e. The number of carbonyl (C=O) groups excluding carboxylic acids is 6. The van der Waals surface area contributed by atoms with Crippen LogP contribution in [-0.4, -0.2) is 93.1 Å². The van der Waals surface area contributed by atoms with Gasteiger partial charge in [-0.05, 0) is 65.0 Å². The number of rotatable bonds is 4. The fourth-order valence-electron chi connectivity index (χ4n) is 7.17. The maximum atomic E-state index is 14.6. The lowest BCUT2D eigenvalue weighted by atomic mass is 10.0. The molecule has 50 heavy (non-hydrogen) atoms. The average molecular weight is 699 g/mol. The molecule has 1 N–H and O–H groups in total. The zero-order valence-corrected chi connectivity index (χ0v) is 29.4. The van der Waals surface area contributed by atoms with Gasteiger partial charge >= 0.3 is 18.2 Å². The van der Waals surface area contributed by atoms with E-state index in [9.17, 15) is 33.2 Å². The number of hydrogen-bond donors (Lipinski definition) is 1. The molecule has 0 radical (unpaired) electrons. The second kappa shape index (κ2) is 14.8. The van der Waals surface area contributed by atoms with Gasteiger partial charge in [0.15, 0.2) is 5.54 Å². The van der Waals surface area contributed by atoms with E-state index < -0.39 is 76.9 Å². The number of nitrogens with zero attached hydrogens (tertiary/aromatic N) is 3. The molecule has 5 amide bonds. The minimum atomic E-state index is -1.58. The Morgan fingerprint density at radius 1 is 1.06 bits per heavy atom. The van der Waals surface area contributed by atoms with Crippen LogP contribution >= 0.6 is 0 Å².